The molecule has 2 aromatic heterocycles. The molecule has 3 rings (SSSR count). The normalized spacial score (nSPS) is 11.0. The molecule has 8 heteroatoms. The molecule has 3 aromatic rings. The maximum atomic E-state index is 12.7. The fraction of sp³-hybridized carbons (Fsp3) is 0.292. The first-order valence-electron chi connectivity index (χ1n) is 10.4. The van der Waals surface area contributed by atoms with Crippen LogP contribution in [0.2, 0.25) is 0 Å². The Hall–Kier alpha value is -3.81. The van der Waals surface area contributed by atoms with Crippen LogP contribution >= 0.6 is 0 Å². The number of hydrogen-bond acceptors (Lipinski definition) is 6. The molecule has 0 saturated heterocycles. The molecule has 1 N–H and O–H groups in total. The molecule has 0 fully saturated rings. The van der Waals surface area contributed by atoms with Gasteiger partial charge in [-0.25, -0.2) is 19.4 Å². The van der Waals surface area contributed by atoms with Gasteiger partial charge in [-0.1, -0.05) is 12.1 Å². The van der Waals surface area contributed by atoms with Crippen LogP contribution in [-0.4, -0.2) is 38.2 Å². The molecule has 0 spiro atoms. The van der Waals surface area contributed by atoms with Crippen molar-refractivity contribution >= 4 is 23.6 Å². The van der Waals surface area contributed by atoms with E-state index in [0.29, 0.717) is 18.2 Å². The van der Waals surface area contributed by atoms with Gasteiger partial charge in [0.2, 0.25) is 5.91 Å². The van der Waals surface area contributed by atoms with Crippen molar-refractivity contribution < 1.29 is 14.3 Å². The minimum absolute atomic E-state index is 0.146. The molecule has 8 nitrogen and oxygen atoms in total. The Morgan fingerprint density at radius 2 is 1.72 bits per heavy atom. The van der Waals surface area contributed by atoms with Crippen LogP contribution < -0.4 is 5.32 Å². The van der Waals surface area contributed by atoms with E-state index in [-0.39, 0.29) is 18.3 Å². The number of amides is 1. The molecule has 0 aliphatic rings. The Balaban J connectivity index is 1.69. The Morgan fingerprint density at radius 3 is 2.34 bits per heavy atom. The Labute approximate surface area is 187 Å². The lowest BCUT2D eigenvalue weighted by molar-refractivity contribution is -0.137. The topological polar surface area (TPSA) is 99.0 Å². The van der Waals surface area contributed by atoms with Gasteiger partial charge in [0.05, 0.1) is 18.7 Å². The van der Waals surface area contributed by atoms with Gasteiger partial charge in [0, 0.05) is 34.4 Å². The number of hydrogen-bond donors (Lipinski definition) is 1. The standard InChI is InChI=1S/C24H27N5O3/c1-6-32-23(31)12-9-19-7-10-20(11-8-19)27-22(30)14-21-17(4)28-29(18(21)5)24-25-15(2)13-16(3)26-24/h7-13H,6,14H2,1-5H3,(H,27,30)/b12-9+. The molecule has 0 radical (unpaired) electrons. The smallest absolute Gasteiger partial charge is 0.330 e. The quantitative estimate of drug-likeness (QED) is 0.451. The molecule has 32 heavy (non-hydrogen) atoms. The molecule has 0 unspecified atom stereocenters. The third kappa shape index (κ3) is 5.66. The van der Waals surface area contributed by atoms with Gasteiger partial charge in [0.1, 0.15) is 0 Å². The summed E-state index contributed by atoms with van der Waals surface area (Å²) < 4.78 is 6.54. The summed E-state index contributed by atoms with van der Waals surface area (Å²) in [6, 6.07) is 9.11. The van der Waals surface area contributed by atoms with Crippen molar-refractivity contribution in [2.24, 2.45) is 0 Å². The second-order valence-corrected chi connectivity index (χ2v) is 7.44. The third-order valence-corrected chi connectivity index (χ3v) is 4.83. The van der Waals surface area contributed by atoms with Gasteiger partial charge < -0.3 is 10.1 Å². The van der Waals surface area contributed by atoms with E-state index in [2.05, 4.69) is 20.4 Å². The van der Waals surface area contributed by atoms with Crippen molar-refractivity contribution in [3.63, 3.8) is 0 Å². The molecule has 1 aromatic carbocycles. The first kappa shape index (κ1) is 22.9. The van der Waals surface area contributed by atoms with Crippen LogP contribution in [-0.2, 0) is 20.7 Å². The number of carbonyl (C=O) groups excluding carboxylic acids is 2. The average Bonchev–Trinajstić information content (AvgIpc) is 3.01. The second-order valence-electron chi connectivity index (χ2n) is 7.44. The summed E-state index contributed by atoms with van der Waals surface area (Å²) in [4.78, 5) is 33.0. The van der Waals surface area contributed by atoms with Crippen LogP contribution in [0.4, 0.5) is 5.69 Å². The van der Waals surface area contributed by atoms with Crippen LogP contribution in [0, 0.1) is 27.7 Å². The Bertz CT molecular complexity index is 1140. The lowest BCUT2D eigenvalue weighted by Gasteiger charge is -2.07. The number of aryl methyl sites for hydroxylation is 3. The van der Waals surface area contributed by atoms with Crippen LogP contribution in [0.25, 0.3) is 12.0 Å². The number of aromatic nitrogens is 4. The molecule has 0 aliphatic heterocycles. The van der Waals surface area contributed by atoms with Gasteiger partial charge in [0.25, 0.3) is 5.95 Å². The van der Waals surface area contributed by atoms with E-state index in [0.717, 1.165) is 33.9 Å². The molecule has 2 heterocycles. The first-order valence-corrected chi connectivity index (χ1v) is 10.4. The van der Waals surface area contributed by atoms with E-state index in [1.807, 2.05) is 45.9 Å². The first-order chi connectivity index (χ1) is 15.3. The van der Waals surface area contributed by atoms with E-state index < -0.39 is 0 Å². The van der Waals surface area contributed by atoms with Crippen LogP contribution in [0.15, 0.2) is 36.4 Å². The van der Waals surface area contributed by atoms with Gasteiger partial charge in [-0.3, -0.25) is 4.79 Å². The van der Waals surface area contributed by atoms with Crippen LogP contribution in [0.1, 0.15) is 40.8 Å². The molecular formula is C24H27N5O3. The number of nitrogens with zero attached hydrogens (tertiary/aromatic N) is 4. The van der Waals surface area contributed by atoms with Gasteiger partial charge in [-0.05, 0) is 64.5 Å². The maximum absolute atomic E-state index is 12.7. The zero-order valence-electron chi connectivity index (χ0n) is 19.0. The number of rotatable bonds is 7. The average molecular weight is 434 g/mol. The summed E-state index contributed by atoms with van der Waals surface area (Å²) >= 11 is 0. The van der Waals surface area contributed by atoms with E-state index in [9.17, 15) is 9.59 Å². The highest BCUT2D eigenvalue weighted by Crippen LogP contribution is 2.18. The number of esters is 1. The summed E-state index contributed by atoms with van der Waals surface area (Å²) in [5.41, 5.74) is 5.67. The largest absolute Gasteiger partial charge is 0.463 e. The number of ether oxygens (including phenoxy) is 1. The lowest BCUT2D eigenvalue weighted by atomic mass is 10.1. The molecule has 0 bridgehead atoms. The second kappa shape index (κ2) is 10.00. The number of carbonyl (C=O) groups is 2. The van der Waals surface area contributed by atoms with Crippen molar-refractivity contribution in [2.75, 3.05) is 11.9 Å². The highest BCUT2D eigenvalue weighted by Gasteiger charge is 2.17. The summed E-state index contributed by atoms with van der Waals surface area (Å²) in [5, 5.41) is 7.45. The zero-order chi connectivity index (χ0) is 23.3. The molecule has 0 atom stereocenters. The van der Waals surface area contributed by atoms with Crippen LogP contribution in [0.5, 0.6) is 0 Å². The molecular weight excluding hydrogens is 406 g/mol. The maximum Gasteiger partial charge on any atom is 0.330 e. The van der Waals surface area contributed by atoms with Gasteiger partial charge in [-0.15, -0.1) is 0 Å². The Morgan fingerprint density at radius 1 is 1.06 bits per heavy atom. The highest BCUT2D eigenvalue weighted by molar-refractivity contribution is 5.93. The Kier molecular flexibility index (Phi) is 7.14. The lowest BCUT2D eigenvalue weighted by Crippen LogP contribution is -2.15. The van der Waals surface area contributed by atoms with E-state index in [1.165, 1.54) is 6.08 Å². The predicted octanol–water partition coefficient (Wildman–Crippen LogP) is 3.65. The monoisotopic (exact) mass is 433 g/mol. The summed E-state index contributed by atoms with van der Waals surface area (Å²) in [6.07, 6.45) is 3.23. The fourth-order valence-corrected chi connectivity index (χ4v) is 3.33. The van der Waals surface area contributed by atoms with Crippen molar-refractivity contribution in [3.8, 4) is 5.95 Å². The van der Waals surface area contributed by atoms with Crippen molar-refractivity contribution in [1.82, 2.24) is 19.7 Å². The number of benzene rings is 1. The zero-order valence-corrected chi connectivity index (χ0v) is 19.0. The summed E-state index contributed by atoms with van der Waals surface area (Å²) in [7, 11) is 0. The van der Waals surface area contributed by atoms with Crippen molar-refractivity contribution in [3.05, 3.63) is 70.3 Å². The highest BCUT2D eigenvalue weighted by atomic mass is 16.5. The van der Waals surface area contributed by atoms with Gasteiger partial charge in [-0.2, -0.15) is 5.10 Å². The minimum Gasteiger partial charge on any atom is -0.463 e. The predicted molar refractivity (Wildman–Crippen MR) is 123 cm³/mol. The van der Waals surface area contributed by atoms with Crippen molar-refractivity contribution in [1.29, 1.82) is 0 Å². The number of anilines is 1. The van der Waals surface area contributed by atoms with E-state index >= 15 is 0 Å². The molecule has 0 aliphatic carbocycles. The summed E-state index contributed by atoms with van der Waals surface area (Å²) in [6.45, 7) is 9.71. The third-order valence-electron chi connectivity index (χ3n) is 4.83. The van der Waals surface area contributed by atoms with E-state index in [4.69, 9.17) is 4.74 Å². The van der Waals surface area contributed by atoms with Gasteiger partial charge in [0.15, 0.2) is 0 Å². The summed E-state index contributed by atoms with van der Waals surface area (Å²) in [5.74, 6) is -0.0319. The van der Waals surface area contributed by atoms with Crippen molar-refractivity contribution in [2.45, 2.75) is 41.0 Å². The SMILES string of the molecule is CCOC(=O)/C=C/c1ccc(NC(=O)Cc2c(C)nn(-c3nc(C)cc(C)n3)c2C)cc1. The number of nitrogens with one attached hydrogen (secondary N) is 1. The van der Waals surface area contributed by atoms with E-state index in [1.54, 1.807) is 29.8 Å². The van der Waals surface area contributed by atoms with Crippen LogP contribution in [0.3, 0.4) is 0 Å². The molecule has 0 saturated carbocycles. The molecule has 1 amide bonds. The fourth-order valence-electron chi connectivity index (χ4n) is 3.33. The molecule has 166 valence electrons. The van der Waals surface area contributed by atoms with Gasteiger partial charge >= 0.3 is 5.97 Å². The minimum atomic E-state index is -0.387.